The molecule has 1 saturated heterocycles. The monoisotopic (exact) mass is 467 g/mol. The molecular weight excluding hydrogens is 430 g/mol. The van der Waals surface area contributed by atoms with Gasteiger partial charge in [-0.3, -0.25) is 14.5 Å². The standard InChI is InChI=1S/C27H37N3O4/c1-3-33-28-27(31)20-30-16-15-29(19-23(30)17-21-9-5-4-6-10-21)22-13-14-25(32-2)26(18-22)34-24-11-7-8-12-24/h4-6,9-10,13-14,18,23-24H,3,7-8,11-12,15-17,19-20H2,1-2H3,(H,28,31). The summed E-state index contributed by atoms with van der Waals surface area (Å²) >= 11 is 0. The van der Waals surface area contributed by atoms with Crippen LogP contribution in [0.15, 0.2) is 48.5 Å². The predicted octanol–water partition coefficient (Wildman–Crippen LogP) is 3.82. The van der Waals surface area contributed by atoms with E-state index >= 15 is 0 Å². The third-order valence-electron chi connectivity index (χ3n) is 6.70. The molecule has 2 aromatic carbocycles. The van der Waals surface area contributed by atoms with Crippen molar-refractivity contribution in [3.8, 4) is 11.5 Å². The molecule has 2 aromatic rings. The van der Waals surface area contributed by atoms with E-state index in [9.17, 15) is 4.79 Å². The number of carbonyl (C=O) groups excluding carboxylic acids is 1. The Balaban J connectivity index is 1.49. The van der Waals surface area contributed by atoms with Crippen LogP contribution in [0.5, 0.6) is 11.5 Å². The van der Waals surface area contributed by atoms with Crippen LogP contribution in [0.25, 0.3) is 0 Å². The van der Waals surface area contributed by atoms with Gasteiger partial charge in [0.2, 0.25) is 0 Å². The van der Waals surface area contributed by atoms with Gasteiger partial charge in [-0.25, -0.2) is 5.48 Å². The van der Waals surface area contributed by atoms with Crippen LogP contribution in [-0.4, -0.2) is 62.8 Å². The number of carbonyl (C=O) groups is 1. The van der Waals surface area contributed by atoms with Gasteiger partial charge < -0.3 is 14.4 Å². The van der Waals surface area contributed by atoms with Gasteiger partial charge in [-0.05, 0) is 56.7 Å². The molecule has 0 radical (unpaired) electrons. The third-order valence-corrected chi connectivity index (χ3v) is 6.70. The maximum atomic E-state index is 12.4. The van der Waals surface area contributed by atoms with Crippen molar-refractivity contribution in [3.63, 3.8) is 0 Å². The highest BCUT2D eigenvalue weighted by Gasteiger charge is 2.29. The fraction of sp³-hybridized carbons (Fsp3) is 0.519. The molecule has 1 aliphatic carbocycles. The lowest BCUT2D eigenvalue weighted by Crippen LogP contribution is -2.56. The number of ether oxygens (including phenoxy) is 2. The van der Waals surface area contributed by atoms with Crippen molar-refractivity contribution in [1.29, 1.82) is 0 Å². The number of piperazine rings is 1. The Hall–Kier alpha value is -2.77. The Kier molecular flexibility index (Phi) is 8.66. The van der Waals surface area contributed by atoms with Gasteiger partial charge in [-0.15, -0.1) is 0 Å². The van der Waals surface area contributed by atoms with E-state index in [0.717, 1.165) is 56.1 Å². The summed E-state index contributed by atoms with van der Waals surface area (Å²) in [5, 5.41) is 0. The largest absolute Gasteiger partial charge is 0.493 e. The van der Waals surface area contributed by atoms with Gasteiger partial charge in [0.1, 0.15) is 0 Å². The second-order valence-electron chi connectivity index (χ2n) is 9.08. The first-order valence-electron chi connectivity index (χ1n) is 12.4. The number of anilines is 1. The molecule has 7 nitrogen and oxygen atoms in total. The maximum absolute atomic E-state index is 12.4. The minimum Gasteiger partial charge on any atom is -0.493 e. The first kappa shape index (κ1) is 24.4. The van der Waals surface area contributed by atoms with Crippen LogP contribution in [0.1, 0.15) is 38.2 Å². The highest BCUT2D eigenvalue weighted by Crippen LogP contribution is 2.35. The van der Waals surface area contributed by atoms with E-state index in [1.807, 2.05) is 19.1 Å². The molecule has 0 bridgehead atoms. The number of hydrogen-bond donors (Lipinski definition) is 1. The molecule has 4 rings (SSSR count). The van der Waals surface area contributed by atoms with Gasteiger partial charge in [0, 0.05) is 37.4 Å². The molecule has 0 aromatic heterocycles. The number of hydroxylamine groups is 1. The first-order chi connectivity index (χ1) is 16.7. The summed E-state index contributed by atoms with van der Waals surface area (Å²) in [5.41, 5.74) is 4.93. The van der Waals surface area contributed by atoms with Crippen molar-refractivity contribution >= 4 is 11.6 Å². The van der Waals surface area contributed by atoms with Crippen LogP contribution >= 0.6 is 0 Å². The van der Waals surface area contributed by atoms with Gasteiger partial charge in [0.05, 0.1) is 26.4 Å². The normalized spacial score (nSPS) is 19.2. The summed E-state index contributed by atoms with van der Waals surface area (Å²) in [5.74, 6) is 1.50. The van der Waals surface area contributed by atoms with Crippen molar-refractivity contribution < 1.29 is 19.1 Å². The molecular formula is C27H37N3O4. The molecule has 184 valence electrons. The van der Waals surface area contributed by atoms with Gasteiger partial charge in [-0.1, -0.05) is 30.3 Å². The second-order valence-corrected chi connectivity index (χ2v) is 9.08. The number of nitrogens with one attached hydrogen (secondary N) is 1. The highest BCUT2D eigenvalue weighted by molar-refractivity contribution is 5.77. The number of methoxy groups -OCH3 is 1. The lowest BCUT2D eigenvalue weighted by atomic mass is 10.0. The zero-order chi connectivity index (χ0) is 23.8. The Bertz CT molecular complexity index is 917. The molecule has 1 amide bonds. The average molecular weight is 468 g/mol. The van der Waals surface area contributed by atoms with Crippen molar-refractivity contribution in [3.05, 3.63) is 54.1 Å². The summed E-state index contributed by atoms with van der Waals surface area (Å²) in [6.45, 7) is 5.09. The number of hydrogen-bond acceptors (Lipinski definition) is 6. The molecule has 1 heterocycles. The van der Waals surface area contributed by atoms with E-state index in [-0.39, 0.29) is 18.1 Å². The molecule has 1 aliphatic heterocycles. The lowest BCUT2D eigenvalue weighted by Gasteiger charge is -2.42. The molecule has 1 N–H and O–H groups in total. The van der Waals surface area contributed by atoms with Crippen LogP contribution in [0, 0.1) is 0 Å². The summed E-state index contributed by atoms with van der Waals surface area (Å²) < 4.78 is 11.9. The van der Waals surface area contributed by atoms with E-state index in [1.165, 1.54) is 18.4 Å². The number of benzene rings is 2. The third kappa shape index (κ3) is 6.42. The van der Waals surface area contributed by atoms with Crippen molar-refractivity contribution in [2.24, 2.45) is 0 Å². The molecule has 1 atom stereocenters. The summed E-state index contributed by atoms with van der Waals surface area (Å²) in [4.78, 5) is 22.1. The SMILES string of the molecule is CCONC(=O)CN1CCN(c2ccc(OC)c(OC3CCCC3)c2)CC1Cc1ccccc1. The van der Waals surface area contributed by atoms with Crippen LogP contribution in [0.4, 0.5) is 5.69 Å². The smallest absolute Gasteiger partial charge is 0.257 e. The molecule has 2 aliphatic rings. The van der Waals surface area contributed by atoms with E-state index < -0.39 is 0 Å². The highest BCUT2D eigenvalue weighted by atomic mass is 16.6. The fourth-order valence-electron chi connectivity index (χ4n) is 4.92. The zero-order valence-corrected chi connectivity index (χ0v) is 20.4. The maximum Gasteiger partial charge on any atom is 0.257 e. The predicted molar refractivity (Wildman–Crippen MR) is 133 cm³/mol. The van der Waals surface area contributed by atoms with Crippen molar-refractivity contribution in [1.82, 2.24) is 10.4 Å². The Morgan fingerprint density at radius 1 is 1.06 bits per heavy atom. The van der Waals surface area contributed by atoms with E-state index in [1.54, 1.807) is 7.11 Å². The minimum absolute atomic E-state index is 0.106. The topological polar surface area (TPSA) is 63.3 Å². The molecule has 0 spiro atoms. The zero-order valence-electron chi connectivity index (χ0n) is 20.4. The molecule has 1 unspecified atom stereocenters. The van der Waals surface area contributed by atoms with Gasteiger partial charge in [0.25, 0.3) is 5.91 Å². The van der Waals surface area contributed by atoms with Crippen LogP contribution in [0.3, 0.4) is 0 Å². The molecule has 34 heavy (non-hydrogen) atoms. The number of amides is 1. The van der Waals surface area contributed by atoms with E-state index in [2.05, 4.69) is 51.7 Å². The van der Waals surface area contributed by atoms with Crippen LogP contribution in [-0.2, 0) is 16.1 Å². The van der Waals surface area contributed by atoms with Gasteiger partial charge in [0.15, 0.2) is 11.5 Å². The van der Waals surface area contributed by atoms with Gasteiger partial charge in [-0.2, -0.15) is 0 Å². The number of nitrogens with zero attached hydrogens (tertiary/aromatic N) is 2. The van der Waals surface area contributed by atoms with Gasteiger partial charge >= 0.3 is 0 Å². The molecule has 1 saturated carbocycles. The van der Waals surface area contributed by atoms with Crippen molar-refractivity contribution in [2.45, 2.75) is 51.2 Å². The lowest BCUT2D eigenvalue weighted by molar-refractivity contribution is -0.135. The van der Waals surface area contributed by atoms with E-state index in [4.69, 9.17) is 14.3 Å². The summed E-state index contributed by atoms with van der Waals surface area (Å²) in [6, 6.07) is 16.9. The van der Waals surface area contributed by atoms with Crippen LogP contribution < -0.4 is 19.9 Å². The Labute approximate surface area is 202 Å². The van der Waals surface area contributed by atoms with Crippen molar-refractivity contribution in [2.75, 3.05) is 44.8 Å². The van der Waals surface area contributed by atoms with Crippen LogP contribution in [0.2, 0.25) is 0 Å². The Morgan fingerprint density at radius 2 is 1.85 bits per heavy atom. The average Bonchev–Trinajstić information content (AvgIpc) is 3.37. The fourth-order valence-corrected chi connectivity index (χ4v) is 4.92. The molecule has 7 heteroatoms. The number of rotatable bonds is 10. The second kappa shape index (κ2) is 12.1. The summed E-state index contributed by atoms with van der Waals surface area (Å²) in [6.07, 6.45) is 5.82. The quantitative estimate of drug-likeness (QED) is 0.536. The summed E-state index contributed by atoms with van der Waals surface area (Å²) in [7, 11) is 1.69. The molecule has 2 fully saturated rings. The minimum atomic E-state index is -0.106. The van der Waals surface area contributed by atoms with E-state index in [0.29, 0.717) is 13.2 Å². The first-order valence-corrected chi connectivity index (χ1v) is 12.4. The Morgan fingerprint density at radius 3 is 2.59 bits per heavy atom.